The lowest BCUT2D eigenvalue weighted by Gasteiger charge is -2.27. The maximum absolute atomic E-state index is 10.8. The summed E-state index contributed by atoms with van der Waals surface area (Å²) in [5.41, 5.74) is 1.07. The molecule has 0 saturated carbocycles. The second-order valence-electron chi connectivity index (χ2n) is 12.6. The number of hydrogen-bond acceptors (Lipinski definition) is 7. The lowest BCUT2D eigenvalue weighted by Crippen LogP contribution is -2.30. The van der Waals surface area contributed by atoms with Crippen LogP contribution in [0.3, 0.4) is 0 Å². The third kappa shape index (κ3) is 48.4. The zero-order valence-corrected chi connectivity index (χ0v) is 30.3. The number of halogens is 1. The van der Waals surface area contributed by atoms with Crippen LogP contribution in [0.1, 0.15) is 131 Å². The molecule has 1 amide bonds. The Morgan fingerprint density at radius 2 is 1.34 bits per heavy atom. The molecule has 0 atom stereocenters. The molecule has 1 N–H and O–H groups in total. The van der Waals surface area contributed by atoms with Crippen molar-refractivity contribution >= 4 is 35.6 Å². The first kappa shape index (κ1) is 46.3. The summed E-state index contributed by atoms with van der Waals surface area (Å²) >= 11 is 5.18. The Labute approximate surface area is 258 Å². The van der Waals surface area contributed by atoms with Gasteiger partial charge in [-0.1, -0.05) is 13.8 Å². The maximum atomic E-state index is 10.8. The normalized spacial score (nSPS) is 11.9. The lowest BCUT2D eigenvalue weighted by molar-refractivity contribution is -0.148. The average Bonchev–Trinajstić information content (AvgIpc) is 2.70. The third-order valence-corrected chi connectivity index (χ3v) is 4.16. The second-order valence-corrected chi connectivity index (χ2v) is 12.9. The maximum Gasteiger partial charge on any atom is 0.306 e. The molecular formula is C32H66ClN3O5. The van der Waals surface area contributed by atoms with Crippen molar-refractivity contribution in [3.05, 3.63) is 0 Å². The van der Waals surface area contributed by atoms with Crippen LogP contribution in [0.4, 0.5) is 0 Å². The van der Waals surface area contributed by atoms with Crippen molar-refractivity contribution in [1.82, 2.24) is 5.32 Å². The van der Waals surface area contributed by atoms with Gasteiger partial charge in [0, 0.05) is 36.7 Å². The van der Waals surface area contributed by atoms with E-state index in [1.807, 2.05) is 69.2 Å². The Morgan fingerprint density at radius 3 is 1.63 bits per heavy atom. The standard InChI is InChI=1S/C12H25NO.C8H16O2.C7H15NO.C5H10ClNO/c1-9(2)13-11(5)8-12(6,7)14-10(3)4;1-6(2)5-8(9)10-7(3)4;1-6(2)8-5-9-7(3)4;1-4(2)7-5(8)3-6/h9-10H,8H2,1-7H3;6-7H,5H2,1-4H3;5-7H,1-4H3;4H,3H2,1-2H3,(H,7,8). The van der Waals surface area contributed by atoms with Crippen LogP contribution in [0, 0.1) is 5.92 Å². The van der Waals surface area contributed by atoms with Gasteiger partial charge in [0.05, 0.1) is 23.9 Å². The molecule has 9 heteroatoms. The fraction of sp³-hybridized carbons (Fsp3) is 0.875. The van der Waals surface area contributed by atoms with Gasteiger partial charge in [-0.05, 0) is 110 Å². The van der Waals surface area contributed by atoms with Crippen LogP contribution in [0.25, 0.3) is 0 Å². The number of nitrogens with one attached hydrogen (secondary N) is 1. The highest BCUT2D eigenvalue weighted by Gasteiger charge is 2.21. The predicted molar refractivity (Wildman–Crippen MR) is 178 cm³/mol. The minimum Gasteiger partial charge on any atom is -0.481 e. The summed E-state index contributed by atoms with van der Waals surface area (Å²) in [6, 6.07) is 0.912. The van der Waals surface area contributed by atoms with E-state index in [2.05, 4.69) is 63.8 Å². The highest BCUT2D eigenvalue weighted by Crippen LogP contribution is 2.18. The van der Waals surface area contributed by atoms with E-state index in [4.69, 9.17) is 25.8 Å². The average molecular weight is 608 g/mol. The molecule has 0 aliphatic heterocycles. The van der Waals surface area contributed by atoms with Crippen LogP contribution < -0.4 is 5.32 Å². The van der Waals surface area contributed by atoms with E-state index in [0.29, 0.717) is 24.4 Å². The Bertz CT molecular complexity index is 689. The molecule has 0 rings (SSSR count). The van der Waals surface area contributed by atoms with E-state index < -0.39 is 0 Å². The Kier molecular flexibility index (Phi) is 30.7. The molecule has 0 fully saturated rings. The molecule has 0 aliphatic rings. The minimum absolute atomic E-state index is 0.0197. The number of carbonyl (C=O) groups is 2. The molecule has 0 bridgehead atoms. The number of amides is 1. The Morgan fingerprint density at radius 1 is 0.829 bits per heavy atom. The van der Waals surface area contributed by atoms with E-state index in [0.717, 1.165) is 6.42 Å². The number of hydrogen-bond donors (Lipinski definition) is 1. The molecule has 0 aromatic carbocycles. The number of aliphatic imine (C=N–C) groups is 2. The first-order chi connectivity index (χ1) is 18.5. The minimum atomic E-state index is -0.110. The van der Waals surface area contributed by atoms with Gasteiger partial charge in [-0.3, -0.25) is 19.6 Å². The van der Waals surface area contributed by atoms with Crippen molar-refractivity contribution in [2.24, 2.45) is 15.9 Å². The van der Waals surface area contributed by atoms with E-state index >= 15 is 0 Å². The molecule has 8 nitrogen and oxygen atoms in total. The van der Waals surface area contributed by atoms with Gasteiger partial charge in [-0.2, -0.15) is 0 Å². The van der Waals surface area contributed by atoms with E-state index in [1.165, 1.54) is 12.1 Å². The summed E-state index contributed by atoms with van der Waals surface area (Å²) < 4.78 is 15.8. The molecule has 0 unspecified atom stereocenters. The zero-order chi connectivity index (χ0) is 33.3. The summed E-state index contributed by atoms with van der Waals surface area (Å²) in [4.78, 5) is 29.7. The van der Waals surface area contributed by atoms with Crippen LogP contribution in [-0.4, -0.2) is 71.9 Å². The van der Waals surface area contributed by atoms with Gasteiger partial charge in [-0.15, -0.1) is 11.6 Å². The summed E-state index contributed by atoms with van der Waals surface area (Å²) in [5.74, 6) is 0.246. The first-order valence-electron chi connectivity index (χ1n) is 15.0. The lowest BCUT2D eigenvalue weighted by atomic mass is 10.0. The summed E-state index contributed by atoms with van der Waals surface area (Å²) in [6.07, 6.45) is 3.49. The molecular weight excluding hydrogens is 542 g/mol. The second kappa shape index (κ2) is 27.2. The van der Waals surface area contributed by atoms with Crippen molar-refractivity contribution in [2.45, 2.75) is 173 Å². The number of nitrogens with zero attached hydrogens (tertiary/aromatic N) is 2. The smallest absolute Gasteiger partial charge is 0.306 e. The van der Waals surface area contributed by atoms with E-state index in [9.17, 15) is 9.59 Å². The molecule has 41 heavy (non-hydrogen) atoms. The monoisotopic (exact) mass is 607 g/mol. The number of esters is 1. The van der Waals surface area contributed by atoms with Crippen molar-refractivity contribution in [3.8, 4) is 0 Å². The van der Waals surface area contributed by atoms with E-state index in [1.54, 1.807) is 0 Å². The van der Waals surface area contributed by atoms with Gasteiger partial charge in [-0.25, -0.2) is 0 Å². The molecule has 0 saturated heterocycles. The zero-order valence-electron chi connectivity index (χ0n) is 29.6. The fourth-order valence-electron chi connectivity index (χ4n) is 3.07. The molecule has 0 radical (unpaired) electrons. The summed E-state index contributed by atoms with van der Waals surface area (Å²) in [7, 11) is 0. The summed E-state index contributed by atoms with van der Waals surface area (Å²) in [6.45, 7) is 34.1. The van der Waals surface area contributed by atoms with Gasteiger partial charge in [0.1, 0.15) is 5.88 Å². The number of alkyl halides is 1. The highest BCUT2D eigenvalue weighted by atomic mass is 35.5. The van der Waals surface area contributed by atoms with Crippen molar-refractivity contribution in [2.75, 3.05) is 5.88 Å². The molecule has 246 valence electrons. The van der Waals surface area contributed by atoms with Crippen LogP contribution in [0.2, 0.25) is 0 Å². The number of carbonyl (C=O) groups excluding carboxylic acids is 2. The highest BCUT2D eigenvalue weighted by molar-refractivity contribution is 6.27. The SMILES string of the molecule is CC(C)CC(=O)OC(C)C.CC(C)N=COC(C)C.CC(C)NC(=O)CCl.CC(CC(C)(C)OC(C)C)=NC(C)C. The van der Waals surface area contributed by atoms with Crippen LogP contribution in [0.15, 0.2) is 9.98 Å². The Hall–Kier alpha value is -1.67. The van der Waals surface area contributed by atoms with Gasteiger partial charge in [0.2, 0.25) is 5.91 Å². The first-order valence-corrected chi connectivity index (χ1v) is 15.5. The predicted octanol–water partition coefficient (Wildman–Crippen LogP) is 8.03. The van der Waals surface area contributed by atoms with Crippen LogP contribution >= 0.6 is 11.6 Å². The van der Waals surface area contributed by atoms with Crippen LogP contribution in [0.5, 0.6) is 0 Å². The molecule has 0 spiro atoms. The largest absolute Gasteiger partial charge is 0.481 e. The van der Waals surface area contributed by atoms with Crippen molar-refractivity contribution in [1.29, 1.82) is 0 Å². The third-order valence-electron chi connectivity index (χ3n) is 3.92. The number of rotatable bonds is 13. The molecule has 0 aromatic rings. The quantitative estimate of drug-likeness (QED) is 0.0988. The van der Waals surface area contributed by atoms with Crippen molar-refractivity contribution in [3.63, 3.8) is 0 Å². The van der Waals surface area contributed by atoms with Gasteiger partial charge in [0.25, 0.3) is 0 Å². The van der Waals surface area contributed by atoms with E-state index in [-0.39, 0.29) is 47.7 Å². The number of ether oxygens (including phenoxy) is 3. The molecule has 0 heterocycles. The summed E-state index contributed by atoms with van der Waals surface area (Å²) in [5, 5.41) is 2.62. The van der Waals surface area contributed by atoms with Crippen LogP contribution in [-0.2, 0) is 23.8 Å². The topological polar surface area (TPSA) is 98.6 Å². The van der Waals surface area contributed by atoms with Gasteiger partial charge < -0.3 is 19.5 Å². The van der Waals surface area contributed by atoms with Gasteiger partial charge in [0.15, 0.2) is 6.40 Å². The molecule has 0 aromatic heterocycles. The fourth-order valence-corrected chi connectivity index (χ4v) is 3.14. The Balaban J connectivity index is -0.000000228. The van der Waals surface area contributed by atoms with Gasteiger partial charge >= 0.3 is 5.97 Å². The van der Waals surface area contributed by atoms with Crippen molar-refractivity contribution < 1.29 is 23.8 Å². The molecule has 0 aliphatic carbocycles.